The first kappa shape index (κ1) is 11.9. The topological polar surface area (TPSA) is 41.9 Å². The predicted molar refractivity (Wildman–Crippen MR) is 63.6 cm³/mol. The van der Waals surface area contributed by atoms with E-state index >= 15 is 0 Å². The van der Waals surface area contributed by atoms with Crippen LogP contribution in [0.4, 0.5) is 0 Å². The van der Waals surface area contributed by atoms with Crippen molar-refractivity contribution in [3.05, 3.63) is 0 Å². The van der Waals surface area contributed by atoms with Crippen LogP contribution in [0.1, 0.15) is 26.7 Å². The van der Waals surface area contributed by atoms with Gasteiger partial charge in [0, 0.05) is 23.9 Å². The van der Waals surface area contributed by atoms with Gasteiger partial charge in [0.2, 0.25) is 0 Å². The first-order valence-electron chi connectivity index (χ1n) is 6.62. The quantitative estimate of drug-likeness (QED) is 0.778. The Kier molecular flexibility index (Phi) is 2.57. The van der Waals surface area contributed by atoms with Crippen LogP contribution in [0.2, 0.25) is 0 Å². The van der Waals surface area contributed by atoms with Crippen LogP contribution >= 0.6 is 0 Å². The molecule has 4 nitrogen and oxygen atoms in total. The van der Waals surface area contributed by atoms with Gasteiger partial charge in [-0.2, -0.15) is 0 Å². The third-order valence-corrected chi connectivity index (χ3v) is 4.43. The number of nitrogens with zero attached hydrogens (tertiary/aromatic N) is 1. The minimum absolute atomic E-state index is 0.131. The van der Waals surface area contributed by atoms with Crippen molar-refractivity contribution in [3.8, 4) is 0 Å². The summed E-state index contributed by atoms with van der Waals surface area (Å²) in [7, 11) is 0. The molecule has 0 aromatic heterocycles. The summed E-state index contributed by atoms with van der Waals surface area (Å²) in [5, 5.41) is 9.06. The van der Waals surface area contributed by atoms with Crippen LogP contribution in [0.15, 0.2) is 0 Å². The zero-order valence-corrected chi connectivity index (χ0v) is 10.9. The van der Waals surface area contributed by atoms with Crippen LogP contribution in [0.3, 0.4) is 0 Å². The van der Waals surface area contributed by atoms with E-state index in [1.165, 1.54) is 12.8 Å². The van der Waals surface area contributed by atoms with Crippen molar-refractivity contribution in [1.82, 2.24) is 4.90 Å². The Hall–Kier alpha value is -0.160. The molecule has 0 aromatic carbocycles. The molecule has 2 saturated heterocycles. The molecule has 1 saturated carbocycles. The van der Waals surface area contributed by atoms with Crippen molar-refractivity contribution < 1.29 is 14.6 Å². The first-order chi connectivity index (χ1) is 8.01. The van der Waals surface area contributed by atoms with Crippen LogP contribution in [0.25, 0.3) is 0 Å². The summed E-state index contributed by atoms with van der Waals surface area (Å²) < 4.78 is 12.3. The van der Waals surface area contributed by atoms with E-state index in [0.29, 0.717) is 0 Å². The van der Waals surface area contributed by atoms with E-state index in [-0.39, 0.29) is 23.2 Å². The van der Waals surface area contributed by atoms with E-state index in [9.17, 15) is 0 Å². The zero-order chi connectivity index (χ0) is 12.1. The third-order valence-electron chi connectivity index (χ3n) is 4.43. The van der Waals surface area contributed by atoms with Crippen molar-refractivity contribution >= 4 is 0 Å². The maximum Gasteiger partial charge on any atom is 0.187 e. The highest BCUT2D eigenvalue weighted by Gasteiger charge is 2.67. The maximum absolute atomic E-state index is 9.06. The van der Waals surface area contributed by atoms with Crippen LogP contribution in [-0.2, 0) is 9.47 Å². The van der Waals surface area contributed by atoms with E-state index < -0.39 is 0 Å². The summed E-state index contributed by atoms with van der Waals surface area (Å²) in [5.41, 5.74) is 0.352. The number of fused-ring (bicyclic) bond motifs is 1. The van der Waals surface area contributed by atoms with Gasteiger partial charge in [0.1, 0.15) is 0 Å². The van der Waals surface area contributed by atoms with Crippen molar-refractivity contribution in [1.29, 1.82) is 0 Å². The van der Waals surface area contributed by atoms with Gasteiger partial charge in [0.25, 0.3) is 0 Å². The number of β-amino-alcohol motifs (C(OH)–C–C–N with tert-alkyl or cyclic N) is 1. The number of ether oxygens (including phenoxy) is 2. The van der Waals surface area contributed by atoms with Gasteiger partial charge in [-0.15, -0.1) is 0 Å². The van der Waals surface area contributed by atoms with Gasteiger partial charge in [0.05, 0.1) is 26.4 Å². The third kappa shape index (κ3) is 1.82. The van der Waals surface area contributed by atoms with Crippen LogP contribution in [-0.4, -0.2) is 55.2 Å². The Morgan fingerprint density at radius 3 is 2.29 bits per heavy atom. The fraction of sp³-hybridized carbons (Fsp3) is 1.00. The molecule has 1 N–H and O–H groups in total. The Morgan fingerprint density at radius 2 is 1.76 bits per heavy atom. The van der Waals surface area contributed by atoms with Crippen molar-refractivity contribution in [2.75, 3.05) is 39.5 Å². The molecule has 0 radical (unpaired) electrons. The smallest absolute Gasteiger partial charge is 0.187 e. The lowest BCUT2D eigenvalue weighted by Gasteiger charge is -2.44. The molecule has 1 aliphatic carbocycles. The van der Waals surface area contributed by atoms with Gasteiger partial charge in [-0.25, -0.2) is 0 Å². The standard InChI is InChI=1S/C13H23NO3/c1-11(2)9-16-13(17-10-11)8-14(5-6-15)7-12(13)3-4-12/h15H,3-10H2,1-2H3. The maximum atomic E-state index is 9.06. The Balaban J connectivity index is 1.74. The van der Waals surface area contributed by atoms with E-state index in [4.69, 9.17) is 14.6 Å². The van der Waals surface area contributed by atoms with Crippen molar-refractivity contribution in [3.63, 3.8) is 0 Å². The normalized spacial score (nSPS) is 33.4. The molecule has 0 bridgehead atoms. The molecule has 3 fully saturated rings. The number of hydrogen-bond acceptors (Lipinski definition) is 4. The number of aliphatic hydroxyl groups excluding tert-OH is 1. The lowest BCUT2D eigenvalue weighted by Crippen LogP contribution is -2.53. The second-order valence-corrected chi connectivity index (χ2v) is 6.71. The summed E-state index contributed by atoms with van der Waals surface area (Å²) >= 11 is 0. The number of aliphatic hydroxyl groups is 1. The number of hydrogen-bond donors (Lipinski definition) is 1. The Morgan fingerprint density at radius 1 is 1.12 bits per heavy atom. The highest BCUT2D eigenvalue weighted by molar-refractivity contribution is 5.13. The van der Waals surface area contributed by atoms with Crippen LogP contribution in [0.5, 0.6) is 0 Å². The minimum Gasteiger partial charge on any atom is -0.395 e. The molecule has 0 amide bonds. The van der Waals surface area contributed by atoms with Gasteiger partial charge in [0.15, 0.2) is 5.79 Å². The highest BCUT2D eigenvalue weighted by Crippen LogP contribution is 2.61. The van der Waals surface area contributed by atoms with Crippen LogP contribution in [0, 0.1) is 10.8 Å². The van der Waals surface area contributed by atoms with E-state index in [2.05, 4.69) is 18.7 Å². The van der Waals surface area contributed by atoms with Crippen molar-refractivity contribution in [2.45, 2.75) is 32.5 Å². The molecule has 3 rings (SSSR count). The molecule has 2 heterocycles. The van der Waals surface area contributed by atoms with Gasteiger partial charge in [-0.05, 0) is 12.8 Å². The van der Waals surface area contributed by atoms with E-state index in [0.717, 1.165) is 32.8 Å². The molecular weight excluding hydrogens is 218 g/mol. The molecule has 98 valence electrons. The fourth-order valence-electron chi connectivity index (χ4n) is 3.16. The summed E-state index contributed by atoms with van der Waals surface area (Å²) in [5.74, 6) is -0.377. The number of likely N-dealkylation sites (tertiary alicyclic amines) is 1. The average molecular weight is 241 g/mol. The molecule has 0 unspecified atom stereocenters. The van der Waals surface area contributed by atoms with Crippen molar-refractivity contribution in [2.24, 2.45) is 10.8 Å². The largest absolute Gasteiger partial charge is 0.395 e. The van der Waals surface area contributed by atoms with Gasteiger partial charge in [-0.1, -0.05) is 13.8 Å². The summed E-state index contributed by atoms with van der Waals surface area (Å²) in [6.07, 6.45) is 2.41. The second-order valence-electron chi connectivity index (χ2n) is 6.71. The lowest BCUT2D eigenvalue weighted by atomic mass is 9.91. The average Bonchev–Trinajstić information content (AvgIpc) is 2.96. The molecule has 0 aromatic rings. The summed E-state index contributed by atoms with van der Waals surface area (Å²) in [4.78, 5) is 2.28. The summed E-state index contributed by atoms with van der Waals surface area (Å²) in [6.45, 7) is 8.72. The van der Waals surface area contributed by atoms with Crippen LogP contribution < -0.4 is 0 Å². The molecule has 0 atom stereocenters. The molecule has 2 spiro atoms. The minimum atomic E-state index is -0.377. The SMILES string of the molecule is CC1(C)COC2(CN(CCO)CC23CC3)OC1. The number of rotatable bonds is 2. The highest BCUT2D eigenvalue weighted by atomic mass is 16.7. The Bertz CT molecular complexity index is 302. The molecule has 17 heavy (non-hydrogen) atoms. The second kappa shape index (κ2) is 3.67. The van der Waals surface area contributed by atoms with Gasteiger partial charge in [-0.3, -0.25) is 4.90 Å². The Labute approximate surface area is 103 Å². The summed E-state index contributed by atoms with van der Waals surface area (Å²) in [6, 6.07) is 0. The molecule has 3 aliphatic rings. The predicted octanol–water partition coefficient (Wildman–Crippen LogP) is 0.844. The molecule has 4 heteroatoms. The molecule has 2 aliphatic heterocycles. The first-order valence-corrected chi connectivity index (χ1v) is 6.62. The van der Waals surface area contributed by atoms with E-state index in [1.54, 1.807) is 0 Å². The van der Waals surface area contributed by atoms with Gasteiger partial charge >= 0.3 is 0 Å². The fourth-order valence-corrected chi connectivity index (χ4v) is 3.16. The lowest BCUT2D eigenvalue weighted by molar-refractivity contribution is -0.314. The van der Waals surface area contributed by atoms with E-state index in [1.807, 2.05) is 0 Å². The van der Waals surface area contributed by atoms with Gasteiger partial charge < -0.3 is 14.6 Å². The zero-order valence-electron chi connectivity index (χ0n) is 10.9. The monoisotopic (exact) mass is 241 g/mol. The molecular formula is C13H23NO3.